The Bertz CT molecular complexity index is 971. The second-order valence-corrected chi connectivity index (χ2v) is 9.22. The topological polar surface area (TPSA) is 64.6 Å². The number of hydrogen-bond donors (Lipinski definition) is 1. The number of rotatable bonds is 4. The lowest BCUT2D eigenvalue weighted by Crippen LogP contribution is -2.42. The minimum absolute atomic E-state index is 0.0520. The molecule has 2 aliphatic carbocycles. The normalized spacial score (nSPS) is 34.5. The average molecular weight is 403 g/mol. The van der Waals surface area contributed by atoms with Crippen LogP contribution >= 0.6 is 0 Å². The lowest BCUT2D eigenvalue weighted by molar-refractivity contribution is -0.0506. The summed E-state index contributed by atoms with van der Waals surface area (Å²) in [6.45, 7) is 0. The van der Waals surface area contributed by atoms with Crippen molar-refractivity contribution in [2.24, 2.45) is 17.3 Å². The van der Waals surface area contributed by atoms with Crippen LogP contribution in [0, 0.1) is 17.3 Å². The van der Waals surface area contributed by atoms with E-state index in [1.165, 1.54) is 0 Å². The minimum Gasteiger partial charge on any atom is -0.454 e. The number of ether oxygens (including phenoxy) is 2. The Morgan fingerprint density at radius 1 is 0.800 bits per heavy atom. The Morgan fingerprint density at radius 2 is 1.37 bits per heavy atom. The van der Waals surface area contributed by atoms with E-state index in [1.807, 2.05) is 36.4 Å². The van der Waals surface area contributed by atoms with E-state index in [9.17, 15) is 9.59 Å². The van der Waals surface area contributed by atoms with Crippen LogP contribution in [-0.2, 0) is 9.47 Å². The molecule has 6 unspecified atom stereocenters. The lowest BCUT2D eigenvalue weighted by atomic mass is 9.76. The summed E-state index contributed by atoms with van der Waals surface area (Å²) in [6, 6.07) is 19.0. The molecule has 1 N–H and O–H groups in total. The van der Waals surface area contributed by atoms with E-state index in [2.05, 4.69) is 5.32 Å². The van der Waals surface area contributed by atoms with E-state index in [-0.39, 0.29) is 29.4 Å². The molecule has 2 saturated carbocycles. The van der Waals surface area contributed by atoms with Gasteiger partial charge in [0.2, 0.25) is 0 Å². The molecule has 5 nitrogen and oxygen atoms in total. The summed E-state index contributed by atoms with van der Waals surface area (Å²) in [5.74, 6) is -0.0284. The minimum atomic E-state index is -0.402. The van der Waals surface area contributed by atoms with Crippen LogP contribution < -0.4 is 5.32 Å². The van der Waals surface area contributed by atoms with Crippen molar-refractivity contribution in [1.29, 1.82) is 0 Å². The zero-order valence-corrected chi connectivity index (χ0v) is 16.7. The van der Waals surface area contributed by atoms with Gasteiger partial charge in [-0.3, -0.25) is 0 Å². The molecule has 4 fully saturated rings. The standard InChI is InChI=1S/C25H25NO4/c27-23(15-7-3-1-4-8-15)29-21-19-17-11-12-18(26-17)20(19)25(13-14-25)22(21)30-24(28)16-9-5-2-6-10-16/h1-10,17-22,26H,11-14H2. The molecule has 2 heterocycles. The van der Waals surface area contributed by atoms with Crippen LogP contribution in [-0.4, -0.2) is 36.2 Å². The highest BCUT2D eigenvalue weighted by atomic mass is 16.6. The maximum Gasteiger partial charge on any atom is 0.338 e. The van der Waals surface area contributed by atoms with E-state index >= 15 is 0 Å². The first-order valence-corrected chi connectivity index (χ1v) is 11.0. The Hall–Kier alpha value is -2.66. The van der Waals surface area contributed by atoms with E-state index in [0.29, 0.717) is 29.1 Å². The van der Waals surface area contributed by atoms with E-state index in [1.54, 1.807) is 24.3 Å². The summed E-state index contributed by atoms with van der Waals surface area (Å²) < 4.78 is 12.3. The Kier molecular flexibility index (Phi) is 4.03. The number of carbonyl (C=O) groups excluding carboxylic acids is 2. The summed E-state index contributed by atoms with van der Waals surface area (Å²) in [4.78, 5) is 25.9. The third-order valence-corrected chi connectivity index (χ3v) is 7.76. The van der Waals surface area contributed by atoms with Gasteiger partial charge in [0, 0.05) is 23.4 Å². The van der Waals surface area contributed by atoms with Crippen LogP contribution in [0.15, 0.2) is 60.7 Å². The fraction of sp³-hybridized carbons (Fsp3) is 0.440. The molecule has 2 bridgehead atoms. The van der Waals surface area contributed by atoms with Gasteiger partial charge in [-0.15, -0.1) is 0 Å². The molecule has 154 valence electrons. The summed E-state index contributed by atoms with van der Waals surface area (Å²) in [5, 5.41) is 3.74. The van der Waals surface area contributed by atoms with Crippen molar-refractivity contribution in [3.05, 3.63) is 71.8 Å². The highest BCUT2D eigenvalue weighted by Gasteiger charge is 2.75. The average Bonchev–Trinajstić information content (AvgIpc) is 3.20. The molecule has 2 saturated heterocycles. The maximum absolute atomic E-state index is 12.9. The van der Waals surface area contributed by atoms with Gasteiger partial charge in [-0.25, -0.2) is 9.59 Å². The van der Waals surface area contributed by atoms with Crippen molar-refractivity contribution in [3.63, 3.8) is 0 Å². The van der Waals surface area contributed by atoms with Gasteiger partial charge in [0.25, 0.3) is 0 Å². The van der Waals surface area contributed by atoms with Gasteiger partial charge in [-0.2, -0.15) is 0 Å². The molecular weight excluding hydrogens is 378 g/mol. The molecule has 0 amide bonds. The summed E-state index contributed by atoms with van der Waals surface area (Å²) >= 11 is 0. The second kappa shape index (κ2) is 6.67. The van der Waals surface area contributed by atoms with Crippen molar-refractivity contribution in [3.8, 4) is 0 Å². The molecule has 0 aromatic heterocycles. The van der Waals surface area contributed by atoms with Gasteiger partial charge in [0.05, 0.1) is 11.1 Å². The smallest absolute Gasteiger partial charge is 0.338 e. The predicted molar refractivity (Wildman–Crippen MR) is 110 cm³/mol. The van der Waals surface area contributed by atoms with Crippen LogP contribution in [0.1, 0.15) is 46.4 Å². The zero-order chi connectivity index (χ0) is 20.3. The molecule has 1 spiro atoms. The Labute approximate surface area is 175 Å². The first-order valence-electron chi connectivity index (χ1n) is 11.0. The highest BCUT2D eigenvalue weighted by Crippen LogP contribution is 2.69. The van der Waals surface area contributed by atoms with Gasteiger partial charge >= 0.3 is 11.9 Å². The van der Waals surface area contributed by atoms with E-state index in [4.69, 9.17) is 9.47 Å². The van der Waals surface area contributed by atoms with Crippen LogP contribution in [0.25, 0.3) is 0 Å². The number of benzene rings is 2. The molecule has 0 radical (unpaired) electrons. The zero-order valence-electron chi connectivity index (χ0n) is 16.7. The molecular formula is C25H25NO4. The quantitative estimate of drug-likeness (QED) is 0.791. The van der Waals surface area contributed by atoms with Crippen molar-refractivity contribution in [1.82, 2.24) is 5.32 Å². The number of fused-ring (bicyclic) bond motifs is 6. The number of nitrogens with one attached hydrogen (secondary N) is 1. The maximum atomic E-state index is 12.9. The number of hydrogen-bond acceptors (Lipinski definition) is 5. The third-order valence-electron chi connectivity index (χ3n) is 7.76. The fourth-order valence-corrected chi connectivity index (χ4v) is 6.45. The molecule has 6 atom stereocenters. The first kappa shape index (κ1) is 18.1. The highest BCUT2D eigenvalue weighted by molar-refractivity contribution is 5.90. The van der Waals surface area contributed by atoms with Crippen molar-refractivity contribution >= 4 is 11.9 Å². The summed E-state index contributed by atoms with van der Waals surface area (Å²) in [5.41, 5.74) is 1.03. The fourth-order valence-electron chi connectivity index (χ4n) is 6.45. The molecule has 2 aromatic carbocycles. The SMILES string of the molecule is O=C(OC1C2C3CCC(N3)C2C2(CC2)C1OC(=O)c1ccccc1)c1ccccc1. The van der Waals surface area contributed by atoms with Gasteiger partial charge < -0.3 is 14.8 Å². The predicted octanol–water partition coefficient (Wildman–Crippen LogP) is 3.60. The van der Waals surface area contributed by atoms with Gasteiger partial charge in [-0.05, 0) is 55.9 Å². The first-order chi connectivity index (χ1) is 14.7. The lowest BCUT2D eigenvalue weighted by Gasteiger charge is -2.28. The third kappa shape index (κ3) is 2.64. The molecule has 2 aliphatic heterocycles. The van der Waals surface area contributed by atoms with Crippen LogP contribution in [0.5, 0.6) is 0 Å². The van der Waals surface area contributed by atoms with E-state index < -0.39 is 6.10 Å². The summed E-state index contributed by atoms with van der Waals surface area (Å²) in [6.07, 6.45) is 3.54. The Balaban J connectivity index is 1.32. The van der Waals surface area contributed by atoms with Crippen molar-refractivity contribution < 1.29 is 19.1 Å². The Morgan fingerprint density at radius 3 is 1.97 bits per heavy atom. The monoisotopic (exact) mass is 403 g/mol. The van der Waals surface area contributed by atoms with Crippen molar-refractivity contribution in [2.75, 3.05) is 0 Å². The van der Waals surface area contributed by atoms with E-state index in [0.717, 1.165) is 25.7 Å². The molecule has 2 aromatic rings. The summed E-state index contributed by atoms with van der Waals surface area (Å²) in [7, 11) is 0. The van der Waals surface area contributed by atoms with Crippen LogP contribution in [0.2, 0.25) is 0 Å². The number of esters is 2. The molecule has 6 rings (SSSR count). The molecule has 4 aliphatic rings. The molecule has 30 heavy (non-hydrogen) atoms. The largest absolute Gasteiger partial charge is 0.454 e. The molecule has 5 heteroatoms. The second-order valence-electron chi connectivity index (χ2n) is 9.22. The number of carbonyl (C=O) groups is 2. The van der Waals surface area contributed by atoms with Gasteiger partial charge in [-0.1, -0.05) is 36.4 Å². The van der Waals surface area contributed by atoms with Gasteiger partial charge in [0.15, 0.2) is 0 Å². The van der Waals surface area contributed by atoms with Crippen LogP contribution in [0.3, 0.4) is 0 Å². The van der Waals surface area contributed by atoms with Gasteiger partial charge in [0.1, 0.15) is 12.2 Å². The van der Waals surface area contributed by atoms with Crippen LogP contribution in [0.4, 0.5) is 0 Å². The van der Waals surface area contributed by atoms with Crippen molar-refractivity contribution in [2.45, 2.75) is 50.0 Å².